The molecule has 1 aromatic carbocycles. The molecule has 20 heavy (non-hydrogen) atoms. The second-order valence-corrected chi connectivity index (χ2v) is 5.26. The van der Waals surface area contributed by atoms with E-state index in [1.54, 1.807) is 23.5 Å². The van der Waals surface area contributed by atoms with Crippen molar-refractivity contribution < 1.29 is 9.50 Å². The lowest BCUT2D eigenvalue weighted by molar-refractivity contribution is 0.431. The van der Waals surface area contributed by atoms with Gasteiger partial charge in [0.05, 0.1) is 0 Å². The maximum absolute atomic E-state index is 13.4. The van der Waals surface area contributed by atoms with Crippen LogP contribution < -0.4 is 0 Å². The Kier molecular flexibility index (Phi) is 4.20. The van der Waals surface area contributed by atoms with Crippen LogP contribution in [0.25, 0.3) is 11.1 Å². The highest BCUT2D eigenvalue weighted by atomic mass is 32.1. The van der Waals surface area contributed by atoms with Gasteiger partial charge in [-0.25, -0.2) is 4.39 Å². The normalized spacial score (nSPS) is 11.4. The van der Waals surface area contributed by atoms with Crippen LogP contribution in [-0.2, 0) is 0 Å². The van der Waals surface area contributed by atoms with Crippen molar-refractivity contribution in [1.82, 2.24) is 0 Å². The lowest BCUT2D eigenvalue weighted by atomic mass is 9.97. The van der Waals surface area contributed by atoms with E-state index in [9.17, 15) is 9.50 Å². The zero-order valence-electron chi connectivity index (χ0n) is 11.2. The fourth-order valence-corrected chi connectivity index (χ4v) is 2.53. The number of hydrogen-bond donors (Lipinski definition) is 1. The summed E-state index contributed by atoms with van der Waals surface area (Å²) in [5.74, 6) is -1.01. The highest BCUT2D eigenvalue weighted by Gasteiger charge is 2.11. The number of halogens is 1. The zero-order valence-corrected chi connectivity index (χ0v) is 12.0. The molecule has 0 aliphatic carbocycles. The monoisotopic (exact) mass is 286 g/mol. The number of para-hydroxylation sites is 1. The number of allylic oxidation sites excluding steroid dienone is 4. The smallest absolute Gasteiger partial charge is 0.165 e. The zero-order chi connectivity index (χ0) is 14.7. The van der Waals surface area contributed by atoms with Gasteiger partial charge in [-0.05, 0) is 52.1 Å². The van der Waals surface area contributed by atoms with E-state index in [0.717, 1.165) is 16.7 Å². The van der Waals surface area contributed by atoms with Gasteiger partial charge in [-0.15, -0.1) is 0 Å². The summed E-state index contributed by atoms with van der Waals surface area (Å²) >= 11 is 1.60. The SMILES string of the molecule is C=C(/C=C(\C)C(=C)c1cccc(F)c1O)c1ccsc1. The predicted octanol–water partition coefficient (Wildman–Crippen LogP) is 5.27. The molecule has 1 nitrogen and oxygen atoms in total. The summed E-state index contributed by atoms with van der Waals surface area (Å²) in [6.45, 7) is 9.80. The molecule has 0 saturated carbocycles. The third-order valence-electron chi connectivity index (χ3n) is 3.07. The average Bonchev–Trinajstić information content (AvgIpc) is 2.95. The highest BCUT2D eigenvalue weighted by Crippen LogP contribution is 2.32. The number of hydrogen-bond acceptors (Lipinski definition) is 2. The van der Waals surface area contributed by atoms with Crippen molar-refractivity contribution in [2.45, 2.75) is 6.92 Å². The van der Waals surface area contributed by atoms with Gasteiger partial charge in [0.2, 0.25) is 0 Å². The molecule has 102 valence electrons. The third kappa shape index (κ3) is 2.89. The first-order valence-electron chi connectivity index (χ1n) is 6.07. The largest absolute Gasteiger partial charge is 0.504 e. The van der Waals surface area contributed by atoms with Crippen LogP contribution in [0.3, 0.4) is 0 Å². The van der Waals surface area contributed by atoms with E-state index < -0.39 is 5.82 Å². The Labute approximate surface area is 122 Å². The van der Waals surface area contributed by atoms with E-state index in [0.29, 0.717) is 11.1 Å². The van der Waals surface area contributed by atoms with E-state index >= 15 is 0 Å². The predicted molar refractivity (Wildman–Crippen MR) is 84.2 cm³/mol. The summed E-state index contributed by atoms with van der Waals surface area (Å²) in [5.41, 5.74) is 3.73. The molecule has 0 fully saturated rings. The van der Waals surface area contributed by atoms with Gasteiger partial charge in [-0.2, -0.15) is 11.3 Å². The first kappa shape index (κ1) is 14.3. The van der Waals surface area contributed by atoms with Crippen molar-refractivity contribution in [3.63, 3.8) is 0 Å². The molecule has 1 aromatic heterocycles. The summed E-state index contributed by atoms with van der Waals surface area (Å²) < 4.78 is 13.4. The molecule has 0 amide bonds. The number of thiophene rings is 1. The first-order chi connectivity index (χ1) is 9.50. The van der Waals surface area contributed by atoms with Crippen LogP contribution in [-0.4, -0.2) is 5.11 Å². The molecule has 0 spiro atoms. The van der Waals surface area contributed by atoms with Gasteiger partial charge in [0.1, 0.15) is 0 Å². The Morgan fingerprint density at radius 1 is 1.30 bits per heavy atom. The van der Waals surface area contributed by atoms with E-state index in [4.69, 9.17) is 0 Å². The van der Waals surface area contributed by atoms with E-state index in [2.05, 4.69) is 13.2 Å². The number of aromatic hydroxyl groups is 1. The molecule has 1 N–H and O–H groups in total. The summed E-state index contributed by atoms with van der Waals surface area (Å²) in [5, 5.41) is 13.7. The Hall–Kier alpha value is -2.13. The lowest BCUT2D eigenvalue weighted by Crippen LogP contribution is -1.89. The van der Waals surface area contributed by atoms with Crippen molar-refractivity contribution >= 4 is 22.5 Å². The summed E-state index contributed by atoms with van der Waals surface area (Å²) in [6, 6.07) is 6.40. The van der Waals surface area contributed by atoms with E-state index in [-0.39, 0.29) is 5.75 Å². The molecule has 1 heterocycles. The minimum Gasteiger partial charge on any atom is -0.504 e. The number of benzene rings is 1. The summed E-state index contributed by atoms with van der Waals surface area (Å²) in [4.78, 5) is 0. The van der Waals surface area contributed by atoms with Crippen LogP contribution in [0.15, 0.2) is 59.8 Å². The van der Waals surface area contributed by atoms with Crippen molar-refractivity contribution in [2.24, 2.45) is 0 Å². The van der Waals surface area contributed by atoms with Gasteiger partial charge in [-0.1, -0.05) is 31.4 Å². The van der Waals surface area contributed by atoms with Crippen LogP contribution in [0.2, 0.25) is 0 Å². The fraction of sp³-hybridized carbons (Fsp3) is 0.0588. The quantitative estimate of drug-likeness (QED) is 0.759. The topological polar surface area (TPSA) is 20.2 Å². The van der Waals surface area contributed by atoms with Crippen LogP contribution >= 0.6 is 11.3 Å². The lowest BCUT2D eigenvalue weighted by Gasteiger charge is -2.10. The molecule has 0 aliphatic rings. The maximum Gasteiger partial charge on any atom is 0.165 e. The minimum atomic E-state index is -0.645. The minimum absolute atomic E-state index is 0.369. The number of phenols is 1. The second-order valence-electron chi connectivity index (χ2n) is 4.48. The van der Waals surface area contributed by atoms with Crippen LogP contribution in [0, 0.1) is 5.82 Å². The fourth-order valence-electron chi connectivity index (χ4n) is 1.85. The van der Waals surface area contributed by atoms with E-state index in [1.807, 2.05) is 29.8 Å². The molecule has 0 radical (unpaired) electrons. The second kappa shape index (κ2) is 5.88. The van der Waals surface area contributed by atoms with Gasteiger partial charge in [0, 0.05) is 5.56 Å². The standard InChI is InChI=1S/C17H15FOS/c1-11(9-12(2)14-7-8-20-10-14)13(3)15-5-4-6-16(18)17(15)19/h4-10,19H,2-3H2,1H3/b11-9+. The van der Waals surface area contributed by atoms with Crippen LogP contribution in [0.4, 0.5) is 4.39 Å². The van der Waals surface area contributed by atoms with Crippen molar-refractivity contribution in [3.8, 4) is 5.75 Å². The molecular formula is C17H15FOS. The molecule has 0 aliphatic heterocycles. The molecule has 0 saturated heterocycles. The van der Waals surface area contributed by atoms with Gasteiger partial charge in [0.25, 0.3) is 0 Å². The molecule has 0 atom stereocenters. The Balaban J connectivity index is 2.29. The molecular weight excluding hydrogens is 271 g/mol. The maximum atomic E-state index is 13.4. The van der Waals surface area contributed by atoms with Crippen LogP contribution in [0.1, 0.15) is 18.1 Å². The van der Waals surface area contributed by atoms with Crippen LogP contribution in [0.5, 0.6) is 5.75 Å². The van der Waals surface area contributed by atoms with Crippen molar-refractivity contribution in [1.29, 1.82) is 0 Å². The Morgan fingerprint density at radius 3 is 2.70 bits per heavy atom. The Morgan fingerprint density at radius 2 is 2.05 bits per heavy atom. The molecule has 0 unspecified atom stereocenters. The van der Waals surface area contributed by atoms with Gasteiger partial charge < -0.3 is 5.11 Å². The summed E-state index contributed by atoms with van der Waals surface area (Å²) in [6.07, 6.45) is 1.88. The number of phenolic OH excluding ortho intramolecular Hbond substituents is 1. The Bertz CT molecular complexity index is 681. The summed E-state index contributed by atoms with van der Waals surface area (Å²) in [7, 11) is 0. The van der Waals surface area contributed by atoms with Gasteiger partial charge in [0.15, 0.2) is 11.6 Å². The molecule has 0 bridgehead atoms. The highest BCUT2D eigenvalue weighted by molar-refractivity contribution is 7.08. The molecule has 2 aromatic rings. The van der Waals surface area contributed by atoms with Crippen molar-refractivity contribution in [2.75, 3.05) is 0 Å². The average molecular weight is 286 g/mol. The van der Waals surface area contributed by atoms with Gasteiger partial charge >= 0.3 is 0 Å². The first-order valence-corrected chi connectivity index (χ1v) is 7.02. The molecule has 2 rings (SSSR count). The van der Waals surface area contributed by atoms with Crippen molar-refractivity contribution in [3.05, 3.63) is 76.8 Å². The van der Waals surface area contributed by atoms with E-state index in [1.165, 1.54) is 6.07 Å². The number of rotatable bonds is 4. The van der Waals surface area contributed by atoms with Gasteiger partial charge in [-0.3, -0.25) is 0 Å². The third-order valence-corrected chi connectivity index (χ3v) is 3.75. The molecule has 3 heteroatoms.